The van der Waals surface area contributed by atoms with Gasteiger partial charge >= 0.3 is 0 Å². The third-order valence-electron chi connectivity index (χ3n) is 3.35. The van der Waals surface area contributed by atoms with Crippen molar-refractivity contribution in [2.75, 3.05) is 0 Å². The first kappa shape index (κ1) is 20.9. The molecule has 0 spiro atoms. The van der Waals surface area contributed by atoms with Crippen molar-refractivity contribution in [3.63, 3.8) is 0 Å². The van der Waals surface area contributed by atoms with Crippen molar-refractivity contribution in [2.24, 2.45) is 0 Å². The van der Waals surface area contributed by atoms with Gasteiger partial charge in [0.15, 0.2) is 0 Å². The van der Waals surface area contributed by atoms with E-state index in [9.17, 15) is 0 Å². The van der Waals surface area contributed by atoms with Crippen LogP contribution in [0.25, 0.3) is 6.08 Å². The Hall–Kier alpha value is -2.08. The standard InChI is InChI=1S/C15H24.C8H8/c1-6-14(4)10-8-12-15(5)11-7-9-13(2)3;1-2-8-6-4-3-5-7-8/h6,9-10,12H,1,7-8,11H2,2-5H3;2-7H,1H2/b14-10+,15-12+;. The SMILES string of the molecule is C=C/C(C)=C/C/C=C(\C)CCC=C(C)C.C=Cc1ccccc1. The van der Waals surface area contributed by atoms with Crippen LogP contribution < -0.4 is 0 Å². The number of benzene rings is 1. The number of hydrogen-bond acceptors (Lipinski definition) is 0. The van der Waals surface area contributed by atoms with Crippen LogP contribution in [0.15, 0.2) is 84.5 Å². The smallest absolute Gasteiger partial charge is 0.0161 e. The predicted octanol–water partition coefficient (Wildman–Crippen LogP) is 7.53. The van der Waals surface area contributed by atoms with Crippen molar-refractivity contribution in [2.45, 2.75) is 47.0 Å². The topological polar surface area (TPSA) is 0 Å². The normalized spacial score (nSPS) is 11.1. The summed E-state index contributed by atoms with van der Waals surface area (Å²) in [4.78, 5) is 0. The van der Waals surface area contributed by atoms with E-state index in [1.807, 2.05) is 42.5 Å². The van der Waals surface area contributed by atoms with Crippen LogP contribution in [0.4, 0.5) is 0 Å². The highest BCUT2D eigenvalue weighted by atomic mass is 13.9. The fourth-order valence-electron chi connectivity index (χ4n) is 1.81. The highest BCUT2D eigenvalue weighted by Gasteiger charge is 1.88. The summed E-state index contributed by atoms with van der Waals surface area (Å²) in [6, 6.07) is 10.0. The predicted molar refractivity (Wildman–Crippen MR) is 108 cm³/mol. The second kappa shape index (κ2) is 13.6. The van der Waals surface area contributed by atoms with Crippen molar-refractivity contribution < 1.29 is 0 Å². The molecule has 0 N–H and O–H groups in total. The molecule has 0 saturated heterocycles. The van der Waals surface area contributed by atoms with Crippen molar-refractivity contribution in [3.05, 3.63) is 90.1 Å². The van der Waals surface area contributed by atoms with Gasteiger partial charge in [-0.25, -0.2) is 0 Å². The number of hydrogen-bond donors (Lipinski definition) is 0. The average Bonchev–Trinajstić information content (AvgIpc) is 2.55. The van der Waals surface area contributed by atoms with Crippen molar-refractivity contribution in [1.29, 1.82) is 0 Å². The second-order valence-electron chi connectivity index (χ2n) is 5.87. The first-order valence-corrected chi connectivity index (χ1v) is 8.25. The molecule has 0 bridgehead atoms. The molecule has 0 heteroatoms. The van der Waals surface area contributed by atoms with Crippen LogP contribution in [0.2, 0.25) is 0 Å². The Kier molecular flexibility index (Phi) is 12.3. The third kappa shape index (κ3) is 13.3. The molecule has 0 fully saturated rings. The monoisotopic (exact) mass is 308 g/mol. The molecule has 0 heterocycles. The van der Waals surface area contributed by atoms with Gasteiger partial charge in [-0.15, -0.1) is 0 Å². The third-order valence-corrected chi connectivity index (χ3v) is 3.35. The summed E-state index contributed by atoms with van der Waals surface area (Å²) in [6.45, 7) is 15.9. The number of rotatable bonds is 7. The summed E-state index contributed by atoms with van der Waals surface area (Å²) in [5.74, 6) is 0. The van der Waals surface area contributed by atoms with E-state index in [-0.39, 0.29) is 0 Å². The van der Waals surface area contributed by atoms with Crippen LogP contribution in [0.3, 0.4) is 0 Å². The molecule has 0 atom stereocenters. The summed E-state index contributed by atoms with van der Waals surface area (Å²) < 4.78 is 0. The second-order valence-corrected chi connectivity index (χ2v) is 5.87. The lowest BCUT2D eigenvalue weighted by atomic mass is 10.1. The molecule has 0 aromatic heterocycles. The molecule has 0 aliphatic carbocycles. The van der Waals surface area contributed by atoms with E-state index >= 15 is 0 Å². The van der Waals surface area contributed by atoms with Crippen molar-refractivity contribution in [1.82, 2.24) is 0 Å². The zero-order valence-electron chi connectivity index (χ0n) is 15.3. The van der Waals surface area contributed by atoms with Gasteiger partial charge in [0.25, 0.3) is 0 Å². The highest BCUT2D eigenvalue weighted by molar-refractivity contribution is 5.45. The lowest BCUT2D eigenvalue weighted by Gasteiger charge is -1.98. The Morgan fingerprint density at radius 3 is 2.04 bits per heavy atom. The molecule has 0 amide bonds. The molecule has 0 aliphatic heterocycles. The summed E-state index contributed by atoms with van der Waals surface area (Å²) in [7, 11) is 0. The largest absolute Gasteiger partial charge is 0.0988 e. The molecule has 0 radical (unpaired) electrons. The molecule has 1 rings (SSSR count). The van der Waals surface area contributed by atoms with Crippen LogP contribution in [-0.4, -0.2) is 0 Å². The molecule has 23 heavy (non-hydrogen) atoms. The molecule has 0 aliphatic rings. The zero-order chi connectivity index (χ0) is 17.5. The van der Waals surface area contributed by atoms with Gasteiger partial charge in [-0.05, 0) is 52.5 Å². The van der Waals surface area contributed by atoms with E-state index in [1.165, 1.54) is 28.7 Å². The summed E-state index contributed by atoms with van der Waals surface area (Å²) in [5.41, 5.74) is 5.31. The van der Waals surface area contributed by atoms with Gasteiger partial charge in [0.2, 0.25) is 0 Å². The molecular formula is C23H32. The van der Waals surface area contributed by atoms with Crippen LogP contribution in [0.5, 0.6) is 0 Å². The molecule has 124 valence electrons. The molecule has 0 saturated carbocycles. The molecule has 1 aromatic rings. The van der Waals surface area contributed by atoms with Crippen LogP contribution in [-0.2, 0) is 0 Å². The van der Waals surface area contributed by atoms with Gasteiger partial charge in [-0.3, -0.25) is 0 Å². The maximum atomic E-state index is 3.73. The fraction of sp³-hybridized carbons (Fsp3) is 0.304. The lowest BCUT2D eigenvalue weighted by molar-refractivity contribution is 0.958. The maximum absolute atomic E-state index is 3.73. The maximum Gasteiger partial charge on any atom is -0.0161 e. The summed E-state index contributed by atoms with van der Waals surface area (Å²) in [5, 5.41) is 0. The van der Waals surface area contributed by atoms with Crippen LogP contribution in [0, 0.1) is 0 Å². The Morgan fingerprint density at radius 1 is 0.913 bits per heavy atom. The van der Waals surface area contributed by atoms with Crippen LogP contribution in [0.1, 0.15) is 52.5 Å². The molecular weight excluding hydrogens is 276 g/mol. The van der Waals surface area contributed by atoms with Gasteiger partial charge < -0.3 is 0 Å². The minimum atomic E-state index is 1.03. The van der Waals surface area contributed by atoms with Gasteiger partial charge in [0.1, 0.15) is 0 Å². The van der Waals surface area contributed by atoms with E-state index in [1.54, 1.807) is 0 Å². The minimum Gasteiger partial charge on any atom is -0.0988 e. The van der Waals surface area contributed by atoms with Crippen molar-refractivity contribution in [3.8, 4) is 0 Å². The number of allylic oxidation sites excluding steroid dienone is 7. The van der Waals surface area contributed by atoms with Gasteiger partial charge in [0, 0.05) is 0 Å². The van der Waals surface area contributed by atoms with Gasteiger partial charge in [-0.1, -0.05) is 90.6 Å². The van der Waals surface area contributed by atoms with Crippen molar-refractivity contribution >= 4 is 6.08 Å². The Balaban J connectivity index is 0.000000502. The van der Waals surface area contributed by atoms with E-state index in [0.29, 0.717) is 0 Å². The van der Waals surface area contributed by atoms with E-state index < -0.39 is 0 Å². The molecule has 1 aromatic carbocycles. The van der Waals surface area contributed by atoms with E-state index in [0.717, 1.165) is 12.8 Å². The van der Waals surface area contributed by atoms with E-state index in [2.05, 4.69) is 59.1 Å². The van der Waals surface area contributed by atoms with Gasteiger partial charge in [-0.2, -0.15) is 0 Å². The fourth-order valence-corrected chi connectivity index (χ4v) is 1.81. The highest BCUT2D eigenvalue weighted by Crippen LogP contribution is 2.08. The van der Waals surface area contributed by atoms with Crippen LogP contribution >= 0.6 is 0 Å². The Morgan fingerprint density at radius 2 is 1.57 bits per heavy atom. The average molecular weight is 309 g/mol. The molecule has 0 unspecified atom stereocenters. The first-order chi connectivity index (χ1) is 11.0. The quantitative estimate of drug-likeness (QED) is 0.360. The lowest BCUT2D eigenvalue weighted by Crippen LogP contribution is -1.77. The zero-order valence-corrected chi connectivity index (χ0v) is 15.3. The first-order valence-electron chi connectivity index (χ1n) is 8.25. The summed E-state index contributed by atoms with van der Waals surface area (Å²) in [6.07, 6.45) is 13.9. The Labute approximate surface area is 143 Å². The van der Waals surface area contributed by atoms with Gasteiger partial charge in [0.05, 0.1) is 0 Å². The van der Waals surface area contributed by atoms with E-state index in [4.69, 9.17) is 0 Å². The molecule has 0 nitrogen and oxygen atoms in total. The summed E-state index contributed by atoms with van der Waals surface area (Å²) >= 11 is 0. The Bertz CT molecular complexity index is 535. The minimum absolute atomic E-state index is 1.03.